The first-order chi connectivity index (χ1) is 10.2. The van der Waals surface area contributed by atoms with Crippen molar-refractivity contribution in [2.24, 2.45) is 0 Å². The summed E-state index contributed by atoms with van der Waals surface area (Å²) in [5.41, 5.74) is 0.909. The lowest BCUT2D eigenvalue weighted by molar-refractivity contribution is -0.141. The SMILES string of the molecule is CCOC(=O)CN(C(=O)c1ccccn1)c1ccccc1. The van der Waals surface area contributed by atoms with Crippen LogP contribution in [0.2, 0.25) is 0 Å². The highest BCUT2D eigenvalue weighted by Crippen LogP contribution is 2.16. The summed E-state index contributed by atoms with van der Waals surface area (Å²) in [4.78, 5) is 29.7. The summed E-state index contributed by atoms with van der Waals surface area (Å²) in [7, 11) is 0. The summed E-state index contributed by atoms with van der Waals surface area (Å²) in [6.45, 7) is 1.86. The van der Waals surface area contributed by atoms with E-state index < -0.39 is 5.97 Å². The van der Waals surface area contributed by atoms with Crippen LogP contribution in [0.3, 0.4) is 0 Å². The molecule has 1 heterocycles. The summed E-state index contributed by atoms with van der Waals surface area (Å²) in [6.07, 6.45) is 1.54. The zero-order valence-electron chi connectivity index (χ0n) is 11.7. The van der Waals surface area contributed by atoms with Crippen molar-refractivity contribution in [3.8, 4) is 0 Å². The van der Waals surface area contributed by atoms with Crippen LogP contribution in [0, 0.1) is 0 Å². The van der Waals surface area contributed by atoms with Crippen molar-refractivity contribution in [2.45, 2.75) is 6.92 Å². The fraction of sp³-hybridized carbons (Fsp3) is 0.188. The predicted octanol–water partition coefficient (Wildman–Crippen LogP) is 2.29. The van der Waals surface area contributed by atoms with E-state index in [1.165, 1.54) is 4.90 Å². The van der Waals surface area contributed by atoms with Gasteiger partial charge >= 0.3 is 5.97 Å². The molecule has 1 aromatic heterocycles. The van der Waals surface area contributed by atoms with Crippen LogP contribution in [-0.2, 0) is 9.53 Å². The third-order valence-electron chi connectivity index (χ3n) is 2.79. The van der Waals surface area contributed by atoms with Crippen molar-refractivity contribution in [1.82, 2.24) is 4.98 Å². The second-order valence-electron chi connectivity index (χ2n) is 4.25. The molecule has 0 bridgehead atoms. The van der Waals surface area contributed by atoms with Crippen LogP contribution in [0.5, 0.6) is 0 Å². The number of ether oxygens (including phenoxy) is 1. The minimum atomic E-state index is -0.453. The standard InChI is InChI=1S/C16H16N2O3/c1-2-21-15(19)12-18(13-8-4-3-5-9-13)16(20)14-10-6-7-11-17-14/h3-11H,2,12H2,1H3. The molecule has 0 saturated carbocycles. The van der Waals surface area contributed by atoms with Gasteiger partial charge in [0.15, 0.2) is 0 Å². The van der Waals surface area contributed by atoms with Gasteiger partial charge in [0.25, 0.3) is 5.91 Å². The minimum absolute atomic E-state index is 0.146. The van der Waals surface area contributed by atoms with E-state index in [1.807, 2.05) is 6.07 Å². The highest BCUT2D eigenvalue weighted by atomic mass is 16.5. The number of rotatable bonds is 5. The fourth-order valence-electron chi connectivity index (χ4n) is 1.85. The lowest BCUT2D eigenvalue weighted by Gasteiger charge is -2.21. The molecule has 0 aliphatic heterocycles. The third-order valence-corrected chi connectivity index (χ3v) is 2.79. The highest BCUT2D eigenvalue weighted by Gasteiger charge is 2.21. The normalized spacial score (nSPS) is 9.95. The zero-order chi connectivity index (χ0) is 15.1. The van der Waals surface area contributed by atoms with Gasteiger partial charge in [0.2, 0.25) is 0 Å². The van der Waals surface area contributed by atoms with E-state index in [0.717, 1.165) is 0 Å². The largest absolute Gasteiger partial charge is 0.465 e. The number of anilines is 1. The Morgan fingerprint density at radius 3 is 2.43 bits per heavy atom. The minimum Gasteiger partial charge on any atom is -0.465 e. The van der Waals surface area contributed by atoms with E-state index in [0.29, 0.717) is 5.69 Å². The highest BCUT2D eigenvalue weighted by molar-refractivity contribution is 6.07. The van der Waals surface area contributed by atoms with Crippen LogP contribution in [0.15, 0.2) is 54.7 Å². The van der Waals surface area contributed by atoms with Crippen LogP contribution < -0.4 is 4.90 Å². The summed E-state index contributed by atoms with van der Waals surface area (Å²) >= 11 is 0. The number of carbonyl (C=O) groups is 2. The average Bonchev–Trinajstić information content (AvgIpc) is 2.54. The molecule has 0 unspecified atom stereocenters. The third kappa shape index (κ3) is 3.89. The molecule has 2 rings (SSSR count). The number of hydrogen-bond donors (Lipinski definition) is 0. The molecule has 0 aliphatic carbocycles. The van der Waals surface area contributed by atoms with Gasteiger partial charge in [-0.2, -0.15) is 0 Å². The van der Waals surface area contributed by atoms with Crippen LogP contribution >= 0.6 is 0 Å². The fourth-order valence-corrected chi connectivity index (χ4v) is 1.85. The van der Waals surface area contributed by atoms with Crippen molar-refractivity contribution >= 4 is 17.6 Å². The molecule has 5 heteroatoms. The van der Waals surface area contributed by atoms with Gasteiger partial charge in [-0.15, -0.1) is 0 Å². The van der Waals surface area contributed by atoms with E-state index in [2.05, 4.69) is 4.98 Å². The Kier molecular flexibility index (Phi) is 5.04. The molecule has 21 heavy (non-hydrogen) atoms. The molecule has 1 aromatic carbocycles. The number of amides is 1. The van der Waals surface area contributed by atoms with Gasteiger partial charge in [-0.05, 0) is 31.2 Å². The summed E-state index contributed by atoms with van der Waals surface area (Å²) in [5, 5.41) is 0. The molecule has 0 spiro atoms. The molecular formula is C16H16N2O3. The van der Waals surface area contributed by atoms with E-state index in [-0.39, 0.29) is 24.8 Å². The number of pyridine rings is 1. The van der Waals surface area contributed by atoms with Crippen molar-refractivity contribution in [1.29, 1.82) is 0 Å². The van der Waals surface area contributed by atoms with E-state index >= 15 is 0 Å². The maximum absolute atomic E-state index is 12.5. The summed E-state index contributed by atoms with van der Waals surface area (Å²) < 4.78 is 4.93. The van der Waals surface area contributed by atoms with Crippen molar-refractivity contribution in [2.75, 3.05) is 18.1 Å². The Hall–Kier alpha value is -2.69. The van der Waals surface area contributed by atoms with Crippen LogP contribution in [0.1, 0.15) is 17.4 Å². The maximum Gasteiger partial charge on any atom is 0.326 e. The molecule has 0 saturated heterocycles. The smallest absolute Gasteiger partial charge is 0.326 e. The quantitative estimate of drug-likeness (QED) is 0.790. The number of nitrogens with zero attached hydrogens (tertiary/aromatic N) is 2. The number of carbonyl (C=O) groups excluding carboxylic acids is 2. The first-order valence-electron chi connectivity index (χ1n) is 6.66. The van der Waals surface area contributed by atoms with Crippen LogP contribution in [-0.4, -0.2) is 30.0 Å². The van der Waals surface area contributed by atoms with Crippen molar-refractivity contribution in [3.05, 3.63) is 60.4 Å². The summed E-state index contributed by atoms with van der Waals surface area (Å²) in [5.74, 6) is -0.791. The number of para-hydroxylation sites is 1. The molecule has 0 N–H and O–H groups in total. The zero-order valence-corrected chi connectivity index (χ0v) is 11.7. The lowest BCUT2D eigenvalue weighted by atomic mass is 10.2. The Morgan fingerprint density at radius 1 is 1.10 bits per heavy atom. The van der Waals surface area contributed by atoms with Crippen molar-refractivity contribution < 1.29 is 14.3 Å². The van der Waals surface area contributed by atoms with E-state index in [1.54, 1.807) is 55.6 Å². The van der Waals surface area contributed by atoms with Gasteiger partial charge in [-0.1, -0.05) is 24.3 Å². The summed E-state index contributed by atoms with van der Waals surface area (Å²) in [6, 6.07) is 14.1. The molecule has 108 valence electrons. The number of esters is 1. The van der Waals surface area contributed by atoms with Crippen LogP contribution in [0.25, 0.3) is 0 Å². The number of aromatic nitrogens is 1. The Morgan fingerprint density at radius 2 is 1.81 bits per heavy atom. The van der Waals surface area contributed by atoms with Crippen LogP contribution in [0.4, 0.5) is 5.69 Å². The molecule has 0 fully saturated rings. The Labute approximate surface area is 123 Å². The molecule has 1 amide bonds. The van der Waals surface area contributed by atoms with E-state index in [9.17, 15) is 9.59 Å². The van der Waals surface area contributed by atoms with E-state index in [4.69, 9.17) is 4.74 Å². The molecule has 5 nitrogen and oxygen atoms in total. The molecular weight excluding hydrogens is 268 g/mol. The van der Waals surface area contributed by atoms with Gasteiger partial charge in [-0.25, -0.2) is 0 Å². The van der Waals surface area contributed by atoms with Crippen molar-refractivity contribution in [3.63, 3.8) is 0 Å². The molecule has 0 radical (unpaired) electrons. The topological polar surface area (TPSA) is 59.5 Å². The lowest BCUT2D eigenvalue weighted by Crippen LogP contribution is -2.37. The Bertz CT molecular complexity index is 599. The van der Waals surface area contributed by atoms with Gasteiger partial charge in [-0.3, -0.25) is 19.5 Å². The second-order valence-corrected chi connectivity index (χ2v) is 4.25. The number of benzene rings is 1. The molecule has 0 aliphatic rings. The molecule has 0 atom stereocenters. The van der Waals surface area contributed by atoms with Gasteiger partial charge in [0, 0.05) is 11.9 Å². The van der Waals surface area contributed by atoms with Gasteiger partial charge < -0.3 is 4.74 Å². The molecule has 2 aromatic rings. The first-order valence-corrected chi connectivity index (χ1v) is 6.66. The van der Waals surface area contributed by atoms with Gasteiger partial charge in [0.05, 0.1) is 6.61 Å². The first kappa shape index (κ1) is 14.7. The number of hydrogen-bond acceptors (Lipinski definition) is 4. The second kappa shape index (κ2) is 7.19. The monoisotopic (exact) mass is 284 g/mol. The van der Waals surface area contributed by atoms with Gasteiger partial charge in [0.1, 0.15) is 12.2 Å². The Balaban J connectivity index is 2.28. The maximum atomic E-state index is 12.5. The predicted molar refractivity (Wildman–Crippen MR) is 79.0 cm³/mol. The average molecular weight is 284 g/mol.